The molecule has 0 amide bonds. The Morgan fingerprint density at radius 2 is 1.62 bits per heavy atom. The molecular weight excluding hydrogens is 428 g/mol. The van der Waals surface area contributed by atoms with Crippen LogP contribution in [0.2, 0.25) is 0 Å². The molecule has 7 heteroatoms. The van der Waals surface area contributed by atoms with Crippen molar-refractivity contribution in [3.63, 3.8) is 0 Å². The summed E-state index contributed by atoms with van der Waals surface area (Å²) in [5, 5.41) is 0.458. The number of aryl methyl sites for hydroxylation is 3. The highest BCUT2D eigenvalue weighted by Gasteiger charge is 2.15. The quantitative estimate of drug-likeness (QED) is 0.411. The van der Waals surface area contributed by atoms with Crippen LogP contribution in [0, 0.1) is 13.8 Å². The molecule has 7 nitrogen and oxygen atoms in total. The van der Waals surface area contributed by atoms with Crippen LogP contribution in [0.4, 0.5) is 0 Å². The number of hydrogen-bond donors (Lipinski definition) is 0. The van der Waals surface area contributed by atoms with Gasteiger partial charge in [0.05, 0.1) is 23.1 Å². The number of pyridine rings is 1. The van der Waals surface area contributed by atoms with Gasteiger partial charge in [0.2, 0.25) is 0 Å². The van der Waals surface area contributed by atoms with Crippen molar-refractivity contribution >= 4 is 16.6 Å². The summed E-state index contributed by atoms with van der Waals surface area (Å²) < 4.78 is 4.34. The third-order valence-corrected chi connectivity index (χ3v) is 6.09. The lowest BCUT2D eigenvalue weighted by Gasteiger charge is -2.14. The van der Waals surface area contributed by atoms with Crippen molar-refractivity contribution in [3.8, 4) is 0 Å². The van der Waals surface area contributed by atoms with E-state index in [2.05, 4.69) is 11.1 Å². The van der Waals surface area contributed by atoms with Crippen LogP contribution in [-0.2, 0) is 19.5 Å². The Labute approximate surface area is 195 Å². The van der Waals surface area contributed by atoms with E-state index in [1.807, 2.05) is 44.2 Å². The summed E-state index contributed by atoms with van der Waals surface area (Å²) in [7, 11) is 0. The predicted octanol–water partition coefficient (Wildman–Crippen LogP) is 3.08. The molecule has 3 aromatic heterocycles. The number of fused-ring (bicyclic) bond motifs is 2. The van der Waals surface area contributed by atoms with E-state index < -0.39 is 5.69 Å². The Morgan fingerprint density at radius 3 is 2.44 bits per heavy atom. The van der Waals surface area contributed by atoms with Crippen LogP contribution >= 0.6 is 0 Å². The number of rotatable bonds is 5. The van der Waals surface area contributed by atoms with E-state index in [1.54, 1.807) is 30.3 Å². The lowest BCUT2D eigenvalue weighted by molar-refractivity contribution is 0.586. The van der Waals surface area contributed by atoms with Crippen molar-refractivity contribution in [3.05, 3.63) is 127 Å². The molecule has 34 heavy (non-hydrogen) atoms. The first kappa shape index (κ1) is 21.6. The first-order chi connectivity index (χ1) is 16.4. The van der Waals surface area contributed by atoms with Gasteiger partial charge in [-0.3, -0.25) is 23.1 Å². The van der Waals surface area contributed by atoms with Gasteiger partial charge >= 0.3 is 5.69 Å². The standard InChI is InChI=1S/C27H24N4O3/c1-18-7-5-9-20(15-18)13-14-29-26(33)22-10-3-4-11-23(22)30(27(29)34)17-21-16-25(32)31-19(2)8-6-12-24(31)28-21/h3-12,15-16H,13-14,17H2,1-2H3. The third kappa shape index (κ3) is 3.85. The molecule has 0 unspecified atom stereocenters. The van der Waals surface area contributed by atoms with E-state index in [0.717, 1.165) is 16.8 Å². The van der Waals surface area contributed by atoms with Gasteiger partial charge in [-0.2, -0.15) is 0 Å². The van der Waals surface area contributed by atoms with Crippen molar-refractivity contribution in [2.24, 2.45) is 0 Å². The minimum Gasteiger partial charge on any atom is -0.287 e. The minimum atomic E-state index is -0.414. The zero-order chi connectivity index (χ0) is 23.8. The summed E-state index contributed by atoms with van der Waals surface area (Å²) in [6.45, 7) is 4.21. The van der Waals surface area contributed by atoms with Crippen molar-refractivity contribution in [1.29, 1.82) is 0 Å². The summed E-state index contributed by atoms with van der Waals surface area (Å²) in [6, 6.07) is 22.0. The highest BCUT2D eigenvalue weighted by Crippen LogP contribution is 2.11. The highest BCUT2D eigenvalue weighted by molar-refractivity contribution is 5.77. The van der Waals surface area contributed by atoms with E-state index >= 15 is 0 Å². The Kier molecular flexibility index (Phi) is 5.45. The molecule has 0 atom stereocenters. The molecular formula is C27H24N4O3. The van der Waals surface area contributed by atoms with Gasteiger partial charge in [0, 0.05) is 18.3 Å². The fraction of sp³-hybridized carbons (Fsp3) is 0.185. The summed E-state index contributed by atoms with van der Waals surface area (Å²) in [5.41, 5.74) is 3.55. The van der Waals surface area contributed by atoms with Crippen molar-refractivity contribution in [2.75, 3.05) is 0 Å². The predicted molar refractivity (Wildman–Crippen MR) is 133 cm³/mol. The Hall–Kier alpha value is -4.26. The lowest BCUT2D eigenvalue weighted by Crippen LogP contribution is -2.41. The van der Waals surface area contributed by atoms with Crippen LogP contribution in [0.3, 0.4) is 0 Å². The molecule has 0 aliphatic heterocycles. The van der Waals surface area contributed by atoms with Crippen molar-refractivity contribution in [1.82, 2.24) is 18.5 Å². The molecule has 0 fully saturated rings. The summed E-state index contributed by atoms with van der Waals surface area (Å²) in [4.78, 5) is 44.1. The van der Waals surface area contributed by atoms with Crippen LogP contribution in [-0.4, -0.2) is 18.5 Å². The van der Waals surface area contributed by atoms with Crippen LogP contribution < -0.4 is 16.8 Å². The number of nitrogens with zero attached hydrogens (tertiary/aromatic N) is 4. The van der Waals surface area contributed by atoms with E-state index in [0.29, 0.717) is 28.7 Å². The number of aromatic nitrogens is 4. The van der Waals surface area contributed by atoms with Gasteiger partial charge in [0.1, 0.15) is 5.65 Å². The van der Waals surface area contributed by atoms with Gasteiger partial charge in [0.15, 0.2) is 0 Å². The van der Waals surface area contributed by atoms with Gasteiger partial charge in [-0.25, -0.2) is 9.78 Å². The first-order valence-corrected chi connectivity index (χ1v) is 11.2. The average Bonchev–Trinajstić information content (AvgIpc) is 2.81. The monoisotopic (exact) mass is 452 g/mol. The first-order valence-electron chi connectivity index (χ1n) is 11.2. The largest absolute Gasteiger partial charge is 0.331 e. The fourth-order valence-electron chi connectivity index (χ4n) is 4.44. The number of hydrogen-bond acceptors (Lipinski definition) is 4. The van der Waals surface area contributed by atoms with E-state index in [-0.39, 0.29) is 24.2 Å². The lowest BCUT2D eigenvalue weighted by atomic mass is 10.1. The second kappa shape index (κ2) is 8.59. The van der Waals surface area contributed by atoms with E-state index in [4.69, 9.17) is 0 Å². The average molecular weight is 453 g/mol. The minimum absolute atomic E-state index is 0.0871. The van der Waals surface area contributed by atoms with Crippen LogP contribution in [0.15, 0.2) is 87.2 Å². The zero-order valence-corrected chi connectivity index (χ0v) is 19.1. The Balaban J connectivity index is 1.62. The second-order valence-electron chi connectivity index (χ2n) is 8.53. The van der Waals surface area contributed by atoms with Crippen LogP contribution in [0.1, 0.15) is 22.5 Å². The molecule has 0 radical (unpaired) electrons. The molecule has 2 aromatic carbocycles. The smallest absolute Gasteiger partial charge is 0.287 e. The molecule has 0 N–H and O–H groups in total. The molecule has 0 saturated heterocycles. The molecule has 170 valence electrons. The van der Waals surface area contributed by atoms with Crippen LogP contribution in [0.5, 0.6) is 0 Å². The normalized spacial score (nSPS) is 11.4. The zero-order valence-electron chi connectivity index (χ0n) is 19.1. The van der Waals surface area contributed by atoms with Gasteiger partial charge in [-0.05, 0) is 50.1 Å². The molecule has 0 spiro atoms. The third-order valence-electron chi connectivity index (χ3n) is 6.09. The summed E-state index contributed by atoms with van der Waals surface area (Å²) in [6.07, 6.45) is 0.560. The number of para-hydroxylation sites is 1. The molecule has 5 rings (SSSR count). The molecule has 5 aromatic rings. The molecule has 0 bridgehead atoms. The Bertz CT molecular complexity index is 1730. The molecule has 3 heterocycles. The van der Waals surface area contributed by atoms with E-state index in [1.165, 1.54) is 19.6 Å². The van der Waals surface area contributed by atoms with Crippen LogP contribution in [0.25, 0.3) is 16.6 Å². The molecule has 0 saturated carbocycles. The van der Waals surface area contributed by atoms with Gasteiger partial charge in [-0.15, -0.1) is 0 Å². The Morgan fingerprint density at radius 1 is 0.824 bits per heavy atom. The highest BCUT2D eigenvalue weighted by atomic mass is 16.2. The summed E-state index contributed by atoms with van der Waals surface area (Å²) in [5.74, 6) is 0. The maximum Gasteiger partial charge on any atom is 0.331 e. The number of benzene rings is 2. The summed E-state index contributed by atoms with van der Waals surface area (Å²) >= 11 is 0. The SMILES string of the molecule is Cc1cccc(CCn2c(=O)c3ccccc3n(Cc3cc(=O)n4c(C)cccc4n3)c2=O)c1. The van der Waals surface area contributed by atoms with Gasteiger partial charge < -0.3 is 0 Å². The topological polar surface area (TPSA) is 78.4 Å². The second-order valence-corrected chi connectivity index (χ2v) is 8.53. The molecule has 0 aliphatic carbocycles. The van der Waals surface area contributed by atoms with Gasteiger partial charge in [-0.1, -0.05) is 48.0 Å². The fourth-order valence-corrected chi connectivity index (χ4v) is 4.44. The van der Waals surface area contributed by atoms with E-state index in [9.17, 15) is 14.4 Å². The molecule has 0 aliphatic rings. The maximum atomic E-state index is 13.5. The maximum absolute atomic E-state index is 13.5. The van der Waals surface area contributed by atoms with Gasteiger partial charge in [0.25, 0.3) is 11.1 Å². The van der Waals surface area contributed by atoms with Crippen molar-refractivity contribution in [2.45, 2.75) is 33.4 Å². The van der Waals surface area contributed by atoms with Crippen molar-refractivity contribution < 1.29 is 0 Å².